The predicted octanol–water partition coefficient (Wildman–Crippen LogP) is 2.62. The van der Waals surface area contributed by atoms with Gasteiger partial charge in [-0.05, 0) is 52.2 Å². The number of aromatic nitrogens is 1. The number of hydrogen-bond donors (Lipinski definition) is 3. The summed E-state index contributed by atoms with van der Waals surface area (Å²) < 4.78 is 33.3. The van der Waals surface area contributed by atoms with Gasteiger partial charge in [-0.3, -0.25) is 14.5 Å². The molecule has 0 saturated carbocycles. The van der Waals surface area contributed by atoms with Crippen molar-refractivity contribution in [2.24, 2.45) is 0 Å². The molecule has 3 aromatic rings. The summed E-state index contributed by atoms with van der Waals surface area (Å²) in [6.07, 6.45) is 0.599. The summed E-state index contributed by atoms with van der Waals surface area (Å²) in [5.41, 5.74) is 1.78. The molecule has 0 atom stereocenters. The maximum atomic E-state index is 12.9. The number of aromatic amines is 1. The molecule has 1 aliphatic heterocycles. The molecular weight excluding hydrogens is 462 g/mol. The Morgan fingerprint density at radius 2 is 2.00 bits per heavy atom. The molecule has 1 aliphatic rings. The number of amides is 1. The summed E-state index contributed by atoms with van der Waals surface area (Å²) >= 11 is 9.37. The highest BCUT2D eigenvalue weighted by Crippen LogP contribution is 2.36. The number of H-pyrrole nitrogens is 1. The van der Waals surface area contributed by atoms with Gasteiger partial charge in [0.15, 0.2) is 5.58 Å². The fourth-order valence-corrected chi connectivity index (χ4v) is 5.86. The van der Waals surface area contributed by atoms with E-state index in [1.807, 2.05) is 0 Å². The highest BCUT2D eigenvalue weighted by molar-refractivity contribution is 9.10. The molecule has 140 valence electrons. The van der Waals surface area contributed by atoms with Crippen LogP contribution < -0.4 is 15.8 Å². The average molecular weight is 473 g/mol. The normalized spacial score (nSPS) is 14.1. The fourth-order valence-electron chi connectivity index (χ4n) is 2.95. The quantitative estimate of drug-likeness (QED) is 0.541. The Bertz CT molecular complexity index is 1270. The van der Waals surface area contributed by atoms with E-state index in [0.29, 0.717) is 24.2 Å². The zero-order chi connectivity index (χ0) is 19.3. The van der Waals surface area contributed by atoms with Crippen LogP contribution in [0.5, 0.6) is 0 Å². The SMILES string of the molecule is O=C1NCCc2cc(NS(=O)(=O)c3c(Br)cc4[nH]c(=O)oc4c3Cl)ccc21. The summed E-state index contributed by atoms with van der Waals surface area (Å²) in [7, 11) is -4.10. The van der Waals surface area contributed by atoms with Crippen molar-refractivity contribution in [1.29, 1.82) is 0 Å². The minimum Gasteiger partial charge on any atom is -0.406 e. The summed E-state index contributed by atoms with van der Waals surface area (Å²) in [4.78, 5) is 25.3. The van der Waals surface area contributed by atoms with Crippen LogP contribution in [0.25, 0.3) is 11.1 Å². The van der Waals surface area contributed by atoms with Crippen molar-refractivity contribution in [3.63, 3.8) is 0 Å². The standard InChI is InChI=1S/C16H11BrClN3O5S/c17-10-6-11-13(26-16(23)20-11)12(18)14(10)27(24,25)21-8-1-2-9-7(5-8)3-4-19-15(9)22/h1-2,5-6,21H,3-4H2,(H,19,22)(H,20,23). The number of halogens is 2. The molecule has 4 rings (SSSR count). The predicted molar refractivity (Wildman–Crippen MR) is 103 cm³/mol. The zero-order valence-corrected chi connectivity index (χ0v) is 16.6. The molecule has 0 radical (unpaired) electrons. The van der Waals surface area contributed by atoms with Gasteiger partial charge < -0.3 is 9.73 Å². The molecule has 3 N–H and O–H groups in total. The molecule has 0 unspecified atom stereocenters. The third-order valence-electron chi connectivity index (χ3n) is 4.11. The lowest BCUT2D eigenvalue weighted by atomic mass is 10.00. The largest absolute Gasteiger partial charge is 0.417 e. The van der Waals surface area contributed by atoms with Crippen molar-refractivity contribution < 1.29 is 17.6 Å². The van der Waals surface area contributed by atoms with E-state index in [9.17, 15) is 18.0 Å². The van der Waals surface area contributed by atoms with Gasteiger partial charge in [-0.15, -0.1) is 0 Å². The van der Waals surface area contributed by atoms with E-state index >= 15 is 0 Å². The van der Waals surface area contributed by atoms with Gasteiger partial charge in [-0.2, -0.15) is 0 Å². The van der Waals surface area contributed by atoms with E-state index in [2.05, 4.69) is 31.0 Å². The Morgan fingerprint density at radius 1 is 1.22 bits per heavy atom. The average Bonchev–Trinajstić information content (AvgIpc) is 2.95. The molecule has 8 nitrogen and oxygen atoms in total. The molecule has 0 fully saturated rings. The van der Waals surface area contributed by atoms with Gasteiger partial charge in [-0.1, -0.05) is 11.6 Å². The molecule has 1 aromatic heterocycles. The second-order valence-corrected chi connectivity index (χ2v) is 8.73. The molecule has 0 aliphatic carbocycles. The number of oxazole rings is 1. The molecule has 2 aromatic carbocycles. The molecule has 2 heterocycles. The van der Waals surface area contributed by atoms with Crippen LogP contribution in [0.2, 0.25) is 5.02 Å². The summed E-state index contributed by atoms with van der Waals surface area (Å²) in [6.45, 7) is 0.489. The fraction of sp³-hybridized carbons (Fsp3) is 0.125. The van der Waals surface area contributed by atoms with Crippen molar-refractivity contribution >= 4 is 60.2 Å². The van der Waals surface area contributed by atoms with E-state index < -0.39 is 15.8 Å². The Labute approximate surface area is 166 Å². The Hall–Kier alpha value is -2.30. The lowest BCUT2D eigenvalue weighted by molar-refractivity contribution is 0.0946. The van der Waals surface area contributed by atoms with Gasteiger partial charge in [0.05, 0.1) is 5.52 Å². The highest BCUT2D eigenvalue weighted by Gasteiger charge is 2.26. The monoisotopic (exact) mass is 471 g/mol. The van der Waals surface area contributed by atoms with Crippen molar-refractivity contribution in [3.05, 3.63) is 55.4 Å². The van der Waals surface area contributed by atoms with Gasteiger partial charge in [-0.25, -0.2) is 13.2 Å². The van der Waals surface area contributed by atoms with Crippen molar-refractivity contribution in [3.8, 4) is 0 Å². The van der Waals surface area contributed by atoms with Crippen LogP contribution in [0.4, 0.5) is 5.69 Å². The van der Waals surface area contributed by atoms with Crippen molar-refractivity contribution in [1.82, 2.24) is 10.3 Å². The third-order valence-corrected chi connectivity index (χ3v) is 6.94. The lowest BCUT2D eigenvalue weighted by Crippen LogP contribution is -2.31. The Balaban J connectivity index is 1.77. The smallest absolute Gasteiger partial charge is 0.406 e. The topological polar surface area (TPSA) is 121 Å². The van der Waals surface area contributed by atoms with Crippen LogP contribution in [-0.2, 0) is 16.4 Å². The van der Waals surface area contributed by atoms with E-state index in [-0.39, 0.29) is 31.4 Å². The first kappa shape index (κ1) is 18.1. The Kier molecular flexibility index (Phi) is 4.28. The number of fused-ring (bicyclic) bond motifs is 2. The van der Waals surface area contributed by atoms with Gasteiger partial charge in [0.25, 0.3) is 15.9 Å². The van der Waals surface area contributed by atoms with Crippen LogP contribution in [0.15, 0.2) is 42.8 Å². The number of anilines is 1. The number of nitrogens with one attached hydrogen (secondary N) is 3. The third kappa shape index (κ3) is 3.13. The number of benzene rings is 2. The van der Waals surface area contributed by atoms with Gasteiger partial charge in [0.1, 0.15) is 9.92 Å². The van der Waals surface area contributed by atoms with Crippen LogP contribution >= 0.6 is 27.5 Å². The summed E-state index contributed by atoms with van der Waals surface area (Å²) in [5, 5.41) is 2.51. The van der Waals surface area contributed by atoms with Crippen molar-refractivity contribution in [2.75, 3.05) is 11.3 Å². The maximum Gasteiger partial charge on any atom is 0.417 e. The van der Waals surface area contributed by atoms with Gasteiger partial charge >= 0.3 is 5.76 Å². The van der Waals surface area contributed by atoms with Crippen LogP contribution in [0.1, 0.15) is 15.9 Å². The first-order valence-corrected chi connectivity index (χ1v) is 10.4. The van der Waals surface area contributed by atoms with Crippen LogP contribution in [-0.4, -0.2) is 25.9 Å². The number of rotatable bonds is 3. The van der Waals surface area contributed by atoms with Gasteiger partial charge in [0, 0.05) is 22.3 Å². The second kappa shape index (κ2) is 6.39. The molecule has 0 spiro atoms. The maximum absolute atomic E-state index is 12.9. The molecule has 1 amide bonds. The van der Waals surface area contributed by atoms with E-state index in [1.165, 1.54) is 12.1 Å². The molecule has 11 heteroatoms. The number of hydrogen-bond acceptors (Lipinski definition) is 5. The number of carbonyl (C=O) groups is 1. The van der Waals surface area contributed by atoms with E-state index in [0.717, 1.165) is 5.56 Å². The molecule has 27 heavy (non-hydrogen) atoms. The molecule has 0 saturated heterocycles. The molecule has 0 bridgehead atoms. The second-order valence-electron chi connectivity index (χ2n) is 5.88. The van der Waals surface area contributed by atoms with E-state index in [1.54, 1.807) is 12.1 Å². The van der Waals surface area contributed by atoms with Gasteiger partial charge in [0.2, 0.25) is 0 Å². The van der Waals surface area contributed by atoms with Crippen LogP contribution in [0, 0.1) is 0 Å². The first-order valence-electron chi connectivity index (χ1n) is 7.71. The summed E-state index contributed by atoms with van der Waals surface area (Å²) in [6, 6.07) is 6.07. The highest BCUT2D eigenvalue weighted by atomic mass is 79.9. The molecular formula is C16H11BrClN3O5S. The Morgan fingerprint density at radius 3 is 2.78 bits per heavy atom. The summed E-state index contributed by atoms with van der Waals surface area (Å²) in [5.74, 6) is -0.932. The van der Waals surface area contributed by atoms with E-state index in [4.69, 9.17) is 16.0 Å². The number of sulfonamides is 1. The minimum atomic E-state index is -4.10. The lowest BCUT2D eigenvalue weighted by Gasteiger charge is -2.18. The van der Waals surface area contributed by atoms with Crippen LogP contribution in [0.3, 0.4) is 0 Å². The number of carbonyl (C=O) groups excluding carboxylic acids is 1. The van der Waals surface area contributed by atoms with Crippen molar-refractivity contribution in [2.45, 2.75) is 11.3 Å². The first-order chi connectivity index (χ1) is 12.8. The minimum absolute atomic E-state index is 0.0487. The zero-order valence-electron chi connectivity index (χ0n) is 13.4.